The van der Waals surface area contributed by atoms with E-state index in [-0.39, 0.29) is 12.5 Å². The minimum absolute atomic E-state index is 0.0572. The molecule has 1 aromatic carbocycles. The van der Waals surface area contributed by atoms with Crippen molar-refractivity contribution >= 4 is 11.6 Å². The van der Waals surface area contributed by atoms with E-state index >= 15 is 0 Å². The molecular formula is C13H16N4O2. The summed E-state index contributed by atoms with van der Waals surface area (Å²) in [6.45, 7) is 1.99. The number of nitrogens with two attached hydrogens (primary N) is 1. The lowest BCUT2D eigenvalue weighted by Gasteiger charge is -2.03. The number of nitrogens with zero attached hydrogens (tertiary/aromatic N) is 2. The molecule has 0 saturated heterocycles. The molecule has 0 aliphatic heterocycles. The zero-order chi connectivity index (χ0) is 13.7. The summed E-state index contributed by atoms with van der Waals surface area (Å²) < 4.78 is 4.90. The maximum atomic E-state index is 11.6. The Morgan fingerprint density at radius 1 is 1.47 bits per heavy atom. The highest BCUT2D eigenvalue weighted by atomic mass is 16.5. The van der Waals surface area contributed by atoms with Gasteiger partial charge in [-0.05, 0) is 31.0 Å². The lowest BCUT2D eigenvalue weighted by Crippen LogP contribution is -2.23. The van der Waals surface area contributed by atoms with Crippen LogP contribution in [-0.2, 0) is 17.8 Å². The predicted octanol–water partition coefficient (Wildman–Crippen LogP) is 1.21. The zero-order valence-electron chi connectivity index (χ0n) is 10.7. The fraction of sp³-hybridized carbons (Fsp3) is 0.308. The van der Waals surface area contributed by atoms with Crippen molar-refractivity contribution in [3.05, 3.63) is 41.5 Å². The first-order valence-electron chi connectivity index (χ1n) is 6.04. The molecule has 0 aliphatic rings. The van der Waals surface area contributed by atoms with Crippen molar-refractivity contribution in [2.24, 2.45) is 0 Å². The van der Waals surface area contributed by atoms with Gasteiger partial charge in [-0.25, -0.2) is 0 Å². The molecule has 6 heteroatoms. The van der Waals surface area contributed by atoms with E-state index in [0.717, 1.165) is 5.56 Å². The van der Waals surface area contributed by atoms with Crippen LogP contribution < -0.4 is 11.1 Å². The summed E-state index contributed by atoms with van der Waals surface area (Å²) in [5, 5.41) is 6.38. The van der Waals surface area contributed by atoms with Gasteiger partial charge in [-0.2, -0.15) is 4.98 Å². The Kier molecular flexibility index (Phi) is 4.12. The van der Waals surface area contributed by atoms with Gasteiger partial charge in [0.25, 0.3) is 0 Å². The Labute approximate surface area is 111 Å². The predicted molar refractivity (Wildman–Crippen MR) is 70.1 cm³/mol. The summed E-state index contributed by atoms with van der Waals surface area (Å²) in [5.74, 6) is 0.914. The van der Waals surface area contributed by atoms with Gasteiger partial charge in [0.05, 0.1) is 6.54 Å². The Morgan fingerprint density at radius 3 is 3.00 bits per heavy atom. The van der Waals surface area contributed by atoms with Crippen LogP contribution in [0.3, 0.4) is 0 Å². The fourth-order valence-corrected chi connectivity index (χ4v) is 1.68. The SMILES string of the molecule is Cc1noc(CNC(=O)CCc2cccc(N)c2)n1. The van der Waals surface area contributed by atoms with Crippen molar-refractivity contribution in [2.75, 3.05) is 5.73 Å². The highest BCUT2D eigenvalue weighted by Gasteiger charge is 2.06. The third-order valence-corrected chi connectivity index (χ3v) is 2.60. The van der Waals surface area contributed by atoms with E-state index in [1.807, 2.05) is 24.3 Å². The molecule has 6 nitrogen and oxygen atoms in total. The molecule has 0 aliphatic carbocycles. The quantitative estimate of drug-likeness (QED) is 0.788. The third-order valence-electron chi connectivity index (χ3n) is 2.60. The number of nitrogens with one attached hydrogen (secondary N) is 1. The number of amides is 1. The second kappa shape index (κ2) is 5.99. The highest BCUT2D eigenvalue weighted by Crippen LogP contribution is 2.08. The van der Waals surface area contributed by atoms with Crippen LogP contribution in [0.15, 0.2) is 28.8 Å². The van der Waals surface area contributed by atoms with Crippen molar-refractivity contribution in [1.29, 1.82) is 0 Å². The minimum atomic E-state index is -0.0572. The van der Waals surface area contributed by atoms with Crippen LogP contribution in [0.25, 0.3) is 0 Å². The molecule has 1 heterocycles. The lowest BCUT2D eigenvalue weighted by molar-refractivity contribution is -0.121. The largest absolute Gasteiger partial charge is 0.399 e. The number of hydrogen-bond donors (Lipinski definition) is 2. The molecule has 0 saturated carbocycles. The van der Waals surface area contributed by atoms with Gasteiger partial charge in [0.2, 0.25) is 11.8 Å². The highest BCUT2D eigenvalue weighted by molar-refractivity contribution is 5.76. The monoisotopic (exact) mass is 260 g/mol. The van der Waals surface area contributed by atoms with E-state index in [9.17, 15) is 4.79 Å². The number of nitrogen functional groups attached to an aromatic ring is 1. The Balaban J connectivity index is 1.75. The molecule has 0 spiro atoms. The van der Waals surface area contributed by atoms with Crippen LogP contribution in [0, 0.1) is 6.92 Å². The average Bonchev–Trinajstić information content (AvgIpc) is 2.80. The molecule has 1 aromatic heterocycles. The molecule has 0 radical (unpaired) electrons. The van der Waals surface area contributed by atoms with Crippen LogP contribution >= 0.6 is 0 Å². The van der Waals surface area contributed by atoms with Gasteiger partial charge in [-0.3, -0.25) is 4.79 Å². The normalized spacial score (nSPS) is 10.4. The maximum absolute atomic E-state index is 11.6. The van der Waals surface area contributed by atoms with E-state index in [0.29, 0.717) is 30.2 Å². The first-order valence-corrected chi connectivity index (χ1v) is 6.04. The lowest BCUT2D eigenvalue weighted by atomic mass is 10.1. The summed E-state index contributed by atoms with van der Waals surface area (Å²) >= 11 is 0. The van der Waals surface area contributed by atoms with Gasteiger partial charge in [0.15, 0.2) is 5.82 Å². The number of aromatic nitrogens is 2. The number of anilines is 1. The van der Waals surface area contributed by atoms with Crippen molar-refractivity contribution < 1.29 is 9.32 Å². The van der Waals surface area contributed by atoms with E-state index in [4.69, 9.17) is 10.3 Å². The first kappa shape index (κ1) is 13.1. The molecule has 100 valence electrons. The Morgan fingerprint density at radius 2 is 2.32 bits per heavy atom. The smallest absolute Gasteiger partial charge is 0.246 e. The molecule has 0 atom stereocenters. The van der Waals surface area contributed by atoms with Gasteiger partial charge in [-0.15, -0.1) is 0 Å². The first-order chi connectivity index (χ1) is 9.13. The number of benzene rings is 1. The van der Waals surface area contributed by atoms with Crippen molar-refractivity contribution in [2.45, 2.75) is 26.3 Å². The van der Waals surface area contributed by atoms with Crippen molar-refractivity contribution in [1.82, 2.24) is 15.5 Å². The summed E-state index contributed by atoms with van der Waals surface area (Å²) in [6, 6.07) is 7.52. The van der Waals surface area contributed by atoms with E-state index in [1.165, 1.54) is 0 Å². The molecule has 0 fully saturated rings. The van der Waals surface area contributed by atoms with Crippen molar-refractivity contribution in [3.8, 4) is 0 Å². The van der Waals surface area contributed by atoms with E-state index in [2.05, 4.69) is 15.5 Å². The number of rotatable bonds is 5. The molecule has 2 aromatic rings. The summed E-state index contributed by atoms with van der Waals surface area (Å²) in [4.78, 5) is 15.7. The zero-order valence-corrected chi connectivity index (χ0v) is 10.7. The Hall–Kier alpha value is -2.37. The molecule has 19 heavy (non-hydrogen) atoms. The summed E-state index contributed by atoms with van der Waals surface area (Å²) in [5.41, 5.74) is 7.43. The average molecular weight is 260 g/mol. The van der Waals surface area contributed by atoms with E-state index in [1.54, 1.807) is 6.92 Å². The second-order valence-electron chi connectivity index (χ2n) is 4.26. The van der Waals surface area contributed by atoms with Gasteiger partial charge < -0.3 is 15.6 Å². The van der Waals surface area contributed by atoms with Crippen LogP contribution in [0.5, 0.6) is 0 Å². The molecule has 0 unspecified atom stereocenters. The summed E-state index contributed by atoms with van der Waals surface area (Å²) in [7, 11) is 0. The van der Waals surface area contributed by atoms with Gasteiger partial charge in [0.1, 0.15) is 0 Å². The van der Waals surface area contributed by atoms with Crippen molar-refractivity contribution in [3.63, 3.8) is 0 Å². The molecule has 3 N–H and O–H groups in total. The minimum Gasteiger partial charge on any atom is -0.399 e. The standard InChI is InChI=1S/C13H16N4O2/c1-9-16-13(19-17-9)8-15-12(18)6-5-10-3-2-4-11(14)7-10/h2-4,7H,5-6,8,14H2,1H3,(H,15,18). The number of hydrogen-bond acceptors (Lipinski definition) is 5. The number of aryl methyl sites for hydroxylation is 2. The Bertz CT molecular complexity index is 565. The fourth-order valence-electron chi connectivity index (χ4n) is 1.68. The van der Waals surface area contributed by atoms with Crippen LogP contribution in [0.2, 0.25) is 0 Å². The topological polar surface area (TPSA) is 94.0 Å². The maximum Gasteiger partial charge on any atom is 0.246 e. The molecule has 0 bridgehead atoms. The van der Waals surface area contributed by atoms with Crippen LogP contribution in [0.1, 0.15) is 23.7 Å². The number of carbonyl (C=O) groups excluding carboxylic acids is 1. The third kappa shape index (κ3) is 4.09. The molecule has 2 rings (SSSR count). The molecule has 1 amide bonds. The molecular weight excluding hydrogens is 244 g/mol. The van der Waals surface area contributed by atoms with Gasteiger partial charge >= 0.3 is 0 Å². The van der Waals surface area contributed by atoms with Crippen LogP contribution in [0.4, 0.5) is 5.69 Å². The van der Waals surface area contributed by atoms with E-state index < -0.39 is 0 Å². The van der Waals surface area contributed by atoms with Gasteiger partial charge in [-0.1, -0.05) is 17.3 Å². The van der Waals surface area contributed by atoms with Gasteiger partial charge in [0, 0.05) is 12.1 Å². The second-order valence-corrected chi connectivity index (χ2v) is 4.26. The number of carbonyl (C=O) groups is 1. The van der Waals surface area contributed by atoms with Crippen LogP contribution in [-0.4, -0.2) is 16.0 Å². The summed E-state index contributed by atoms with van der Waals surface area (Å²) in [6.07, 6.45) is 1.05.